The Kier molecular flexibility index (Phi) is 5.84. The molecule has 0 unspecified atom stereocenters. The topological polar surface area (TPSA) is 59.8 Å². The summed E-state index contributed by atoms with van der Waals surface area (Å²) < 4.78 is 27.7. The standard InChI is InChI=1S/C22H17ClF2N4OS/c1-12-18(11-14-3-5-15(24)6-4-14)31-22(26-12)27-21(30)19-13(2)28-29(20(19)23)17-9-7-16(25)8-10-17/h3-10H,11H2,1-2H3,(H,26,27,30). The first-order valence-electron chi connectivity index (χ1n) is 9.35. The van der Waals surface area contributed by atoms with Crippen molar-refractivity contribution in [1.82, 2.24) is 14.8 Å². The molecule has 2 aromatic carbocycles. The molecule has 0 radical (unpaired) electrons. The minimum absolute atomic E-state index is 0.126. The van der Waals surface area contributed by atoms with Crippen molar-refractivity contribution in [1.29, 1.82) is 0 Å². The fraction of sp³-hybridized carbons (Fsp3) is 0.136. The molecule has 4 rings (SSSR count). The van der Waals surface area contributed by atoms with Crippen LogP contribution in [0.3, 0.4) is 0 Å². The number of aromatic nitrogens is 3. The van der Waals surface area contributed by atoms with Crippen molar-refractivity contribution in [3.05, 3.63) is 92.7 Å². The zero-order valence-corrected chi connectivity index (χ0v) is 18.2. The minimum atomic E-state index is -0.432. The molecule has 0 aliphatic heterocycles. The largest absolute Gasteiger partial charge is 0.298 e. The summed E-state index contributed by atoms with van der Waals surface area (Å²) in [5, 5.41) is 7.65. The smallest absolute Gasteiger partial charge is 0.262 e. The fourth-order valence-electron chi connectivity index (χ4n) is 3.10. The molecule has 31 heavy (non-hydrogen) atoms. The molecule has 0 fully saturated rings. The van der Waals surface area contributed by atoms with Crippen molar-refractivity contribution in [2.45, 2.75) is 20.3 Å². The van der Waals surface area contributed by atoms with Gasteiger partial charge in [0.25, 0.3) is 5.91 Å². The Bertz CT molecular complexity index is 1250. The van der Waals surface area contributed by atoms with Gasteiger partial charge in [0.1, 0.15) is 22.4 Å². The number of rotatable bonds is 5. The number of anilines is 1. The average Bonchev–Trinajstić information content (AvgIpc) is 3.22. The van der Waals surface area contributed by atoms with Crippen LogP contribution in [0.25, 0.3) is 5.69 Å². The lowest BCUT2D eigenvalue weighted by Crippen LogP contribution is -2.13. The number of carbonyl (C=O) groups excluding carboxylic acids is 1. The highest BCUT2D eigenvalue weighted by molar-refractivity contribution is 7.15. The third-order valence-electron chi connectivity index (χ3n) is 4.69. The normalized spacial score (nSPS) is 11.0. The van der Waals surface area contributed by atoms with E-state index in [-0.39, 0.29) is 22.4 Å². The van der Waals surface area contributed by atoms with Gasteiger partial charge in [0, 0.05) is 11.3 Å². The van der Waals surface area contributed by atoms with Crippen LogP contribution in [0.5, 0.6) is 0 Å². The van der Waals surface area contributed by atoms with Gasteiger partial charge in [-0.15, -0.1) is 11.3 Å². The Morgan fingerprint density at radius 2 is 1.65 bits per heavy atom. The fourth-order valence-corrected chi connectivity index (χ4v) is 4.45. The number of halogens is 3. The van der Waals surface area contributed by atoms with Crippen LogP contribution in [0, 0.1) is 25.5 Å². The van der Waals surface area contributed by atoms with Crippen LogP contribution < -0.4 is 5.32 Å². The second-order valence-corrected chi connectivity index (χ2v) is 8.37. The van der Waals surface area contributed by atoms with Crippen LogP contribution in [-0.4, -0.2) is 20.7 Å². The van der Waals surface area contributed by atoms with E-state index in [0.29, 0.717) is 22.9 Å². The van der Waals surface area contributed by atoms with E-state index in [1.807, 2.05) is 6.92 Å². The molecule has 1 N–H and O–H groups in total. The van der Waals surface area contributed by atoms with Crippen molar-refractivity contribution >= 4 is 34.0 Å². The van der Waals surface area contributed by atoms with E-state index in [2.05, 4.69) is 15.4 Å². The first-order valence-corrected chi connectivity index (χ1v) is 10.5. The van der Waals surface area contributed by atoms with Crippen LogP contribution >= 0.6 is 22.9 Å². The number of thiazole rings is 1. The lowest BCUT2D eigenvalue weighted by molar-refractivity contribution is 0.102. The predicted molar refractivity (Wildman–Crippen MR) is 117 cm³/mol. The summed E-state index contributed by atoms with van der Waals surface area (Å²) in [4.78, 5) is 18.3. The number of hydrogen-bond donors (Lipinski definition) is 1. The molecular formula is C22H17ClF2N4OS. The second-order valence-electron chi connectivity index (χ2n) is 6.92. The highest BCUT2D eigenvalue weighted by Crippen LogP contribution is 2.28. The van der Waals surface area contributed by atoms with Crippen molar-refractivity contribution in [2.75, 3.05) is 5.32 Å². The maximum Gasteiger partial charge on any atom is 0.262 e. The maximum absolute atomic E-state index is 13.2. The van der Waals surface area contributed by atoms with E-state index in [9.17, 15) is 13.6 Å². The lowest BCUT2D eigenvalue weighted by atomic mass is 10.1. The van der Waals surface area contributed by atoms with E-state index in [1.54, 1.807) is 19.1 Å². The van der Waals surface area contributed by atoms with Gasteiger partial charge in [-0.25, -0.2) is 18.4 Å². The molecule has 0 aliphatic rings. The monoisotopic (exact) mass is 458 g/mol. The van der Waals surface area contributed by atoms with Crippen LogP contribution in [0.1, 0.15) is 32.2 Å². The van der Waals surface area contributed by atoms with Crippen LogP contribution in [-0.2, 0) is 6.42 Å². The van der Waals surface area contributed by atoms with E-state index in [4.69, 9.17) is 11.6 Å². The number of aryl methyl sites for hydroxylation is 2. The Morgan fingerprint density at radius 3 is 2.29 bits per heavy atom. The molecule has 0 bridgehead atoms. The molecule has 2 aromatic heterocycles. The van der Waals surface area contributed by atoms with Crippen LogP contribution in [0.4, 0.5) is 13.9 Å². The number of amides is 1. The van der Waals surface area contributed by atoms with Gasteiger partial charge in [0.15, 0.2) is 5.13 Å². The molecule has 0 atom stereocenters. The Morgan fingerprint density at radius 1 is 1.03 bits per heavy atom. The van der Waals surface area contributed by atoms with Gasteiger partial charge in [0.05, 0.1) is 17.1 Å². The highest BCUT2D eigenvalue weighted by atomic mass is 35.5. The lowest BCUT2D eigenvalue weighted by Gasteiger charge is -2.04. The van der Waals surface area contributed by atoms with Gasteiger partial charge in [-0.1, -0.05) is 23.7 Å². The second kappa shape index (κ2) is 8.56. The molecule has 4 aromatic rings. The molecule has 9 heteroatoms. The Labute approximate surface area is 186 Å². The van der Waals surface area contributed by atoms with E-state index < -0.39 is 5.91 Å². The van der Waals surface area contributed by atoms with Crippen LogP contribution in [0.15, 0.2) is 48.5 Å². The van der Waals surface area contributed by atoms with Crippen molar-refractivity contribution in [3.8, 4) is 5.69 Å². The number of benzene rings is 2. The molecule has 0 saturated carbocycles. The summed E-state index contributed by atoms with van der Waals surface area (Å²) in [6.07, 6.45) is 0.585. The number of carbonyl (C=O) groups is 1. The quantitative estimate of drug-likeness (QED) is 0.416. The van der Waals surface area contributed by atoms with E-state index in [0.717, 1.165) is 16.1 Å². The summed E-state index contributed by atoms with van der Waals surface area (Å²) in [5.41, 5.74) is 2.94. The maximum atomic E-state index is 13.2. The Balaban J connectivity index is 1.55. The minimum Gasteiger partial charge on any atom is -0.298 e. The molecule has 2 heterocycles. The van der Waals surface area contributed by atoms with Gasteiger partial charge < -0.3 is 0 Å². The van der Waals surface area contributed by atoms with Crippen molar-refractivity contribution < 1.29 is 13.6 Å². The highest BCUT2D eigenvalue weighted by Gasteiger charge is 2.22. The summed E-state index contributed by atoms with van der Waals surface area (Å²) >= 11 is 7.77. The van der Waals surface area contributed by atoms with Crippen molar-refractivity contribution in [3.63, 3.8) is 0 Å². The number of nitrogens with zero attached hydrogens (tertiary/aromatic N) is 3. The predicted octanol–water partition coefficient (Wildman–Crippen LogP) is 5.72. The summed E-state index contributed by atoms with van der Waals surface area (Å²) in [6.45, 7) is 3.53. The summed E-state index contributed by atoms with van der Waals surface area (Å²) in [5.74, 6) is -1.10. The SMILES string of the molecule is Cc1nc(NC(=O)c2c(C)nn(-c3ccc(F)cc3)c2Cl)sc1Cc1ccc(F)cc1. The van der Waals surface area contributed by atoms with Crippen molar-refractivity contribution in [2.24, 2.45) is 0 Å². The zero-order valence-electron chi connectivity index (χ0n) is 16.6. The molecule has 5 nitrogen and oxygen atoms in total. The first-order chi connectivity index (χ1) is 14.8. The molecular weight excluding hydrogens is 442 g/mol. The van der Waals surface area contributed by atoms with Gasteiger partial charge in [-0.2, -0.15) is 5.10 Å². The summed E-state index contributed by atoms with van der Waals surface area (Å²) in [6, 6.07) is 11.9. The number of hydrogen-bond acceptors (Lipinski definition) is 4. The van der Waals surface area contributed by atoms with Gasteiger partial charge in [-0.3, -0.25) is 10.1 Å². The average molecular weight is 459 g/mol. The van der Waals surface area contributed by atoms with E-state index >= 15 is 0 Å². The van der Waals surface area contributed by atoms with Gasteiger partial charge >= 0.3 is 0 Å². The molecule has 0 spiro atoms. The Hall–Kier alpha value is -3.10. The molecule has 158 valence electrons. The van der Waals surface area contributed by atoms with Gasteiger partial charge in [-0.05, 0) is 55.8 Å². The summed E-state index contributed by atoms with van der Waals surface area (Å²) in [7, 11) is 0. The molecule has 0 aliphatic carbocycles. The first kappa shape index (κ1) is 21.1. The molecule has 0 saturated heterocycles. The zero-order chi connectivity index (χ0) is 22.1. The number of nitrogens with one attached hydrogen (secondary N) is 1. The third-order valence-corrected chi connectivity index (χ3v) is 6.12. The van der Waals surface area contributed by atoms with Gasteiger partial charge in [0.2, 0.25) is 0 Å². The van der Waals surface area contributed by atoms with E-state index in [1.165, 1.54) is 52.4 Å². The molecule has 1 amide bonds. The third kappa shape index (κ3) is 4.50. The van der Waals surface area contributed by atoms with Crippen LogP contribution in [0.2, 0.25) is 5.15 Å².